The Labute approximate surface area is 86.7 Å². The van der Waals surface area contributed by atoms with Crippen molar-refractivity contribution in [1.29, 1.82) is 0 Å². The van der Waals surface area contributed by atoms with Gasteiger partial charge in [-0.2, -0.15) is 0 Å². The summed E-state index contributed by atoms with van der Waals surface area (Å²) in [5, 5.41) is 3.27. The first-order valence-corrected chi connectivity index (χ1v) is 6.74. The van der Waals surface area contributed by atoms with Crippen LogP contribution in [0.25, 0.3) is 0 Å². The third kappa shape index (κ3) is 3.55. The average Bonchev–Trinajstić information content (AvgIpc) is 2.16. The molecule has 0 amide bonds. The Kier molecular flexibility index (Phi) is 4.34. The number of nitrogens with zero attached hydrogens (tertiary/aromatic N) is 1. The third-order valence-electron chi connectivity index (χ3n) is 2.80. The van der Waals surface area contributed by atoms with E-state index < -0.39 is 10.0 Å². The molecular weight excluding hydrogens is 200 g/mol. The minimum absolute atomic E-state index is 0.296. The summed E-state index contributed by atoms with van der Waals surface area (Å²) in [7, 11) is 0.205. The molecule has 1 rings (SSSR count). The molecule has 0 unspecified atom stereocenters. The Morgan fingerprint density at radius 1 is 1.29 bits per heavy atom. The number of hydrogen-bond donors (Lipinski definition) is 1. The molecule has 0 atom stereocenters. The molecule has 0 aromatic rings. The van der Waals surface area contributed by atoms with Gasteiger partial charge in [0.2, 0.25) is 10.0 Å². The summed E-state index contributed by atoms with van der Waals surface area (Å²) >= 11 is 0. The van der Waals surface area contributed by atoms with Crippen LogP contribution in [0, 0.1) is 5.92 Å². The summed E-state index contributed by atoms with van der Waals surface area (Å²) in [6.45, 7) is 2.07. The predicted octanol–water partition coefficient (Wildman–Crippen LogP) is 0.267. The second kappa shape index (κ2) is 5.09. The van der Waals surface area contributed by atoms with Gasteiger partial charge >= 0.3 is 0 Å². The fourth-order valence-corrected chi connectivity index (χ4v) is 2.66. The first-order chi connectivity index (χ1) is 6.52. The Morgan fingerprint density at radius 2 is 1.86 bits per heavy atom. The van der Waals surface area contributed by atoms with Gasteiger partial charge in [0.1, 0.15) is 0 Å². The maximum absolute atomic E-state index is 11.5. The quantitative estimate of drug-likeness (QED) is 0.740. The summed E-state index contributed by atoms with van der Waals surface area (Å²) in [6.07, 6.45) is 3.04. The van der Waals surface area contributed by atoms with E-state index in [0.717, 1.165) is 32.4 Å². The van der Waals surface area contributed by atoms with E-state index in [-0.39, 0.29) is 0 Å². The summed E-state index contributed by atoms with van der Waals surface area (Å²) in [4.78, 5) is 0. The first-order valence-electron chi connectivity index (χ1n) is 5.13. The number of piperidine rings is 1. The summed E-state index contributed by atoms with van der Waals surface area (Å²) in [5.41, 5.74) is 0. The van der Waals surface area contributed by atoms with Crippen molar-refractivity contribution in [2.24, 2.45) is 5.92 Å². The van der Waals surface area contributed by atoms with Gasteiger partial charge in [-0.1, -0.05) is 0 Å². The lowest BCUT2D eigenvalue weighted by molar-refractivity contribution is 0.363. The van der Waals surface area contributed by atoms with Crippen molar-refractivity contribution in [2.75, 3.05) is 32.9 Å². The Bertz CT molecular complexity index is 256. The van der Waals surface area contributed by atoms with E-state index >= 15 is 0 Å². The van der Waals surface area contributed by atoms with Gasteiger partial charge in [-0.15, -0.1) is 0 Å². The lowest BCUT2D eigenvalue weighted by Gasteiger charge is -2.23. The van der Waals surface area contributed by atoms with Crippen molar-refractivity contribution < 1.29 is 8.42 Å². The normalized spacial score (nSPS) is 20.2. The van der Waals surface area contributed by atoms with Crippen LogP contribution in [-0.4, -0.2) is 45.7 Å². The highest BCUT2D eigenvalue weighted by Gasteiger charge is 2.18. The highest BCUT2D eigenvalue weighted by atomic mass is 32.2. The van der Waals surface area contributed by atoms with Crippen LogP contribution in [0.3, 0.4) is 0 Å². The fraction of sp³-hybridized carbons (Fsp3) is 1.00. The van der Waals surface area contributed by atoms with Gasteiger partial charge in [-0.3, -0.25) is 0 Å². The smallest absolute Gasteiger partial charge is 0.213 e. The van der Waals surface area contributed by atoms with Gasteiger partial charge < -0.3 is 5.32 Å². The SMILES string of the molecule is CN(C)S(=O)(=O)CCC1CCNCC1. The Hall–Kier alpha value is -0.130. The molecule has 0 saturated carbocycles. The molecule has 0 aromatic heterocycles. The monoisotopic (exact) mass is 220 g/mol. The highest BCUT2D eigenvalue weighted by molar-refractivity contribution is 7.89. The maximum atomic E-state index is 11.5. The van der Waals surface area contributed by atoms with E-state index in [1.165, 1.54) is 4.31 Å². The second-order valence-electron chi connectivity index (χ2n) is 4.08. The zero-order valence-corrected chi connectivity index (χ0v) is 9.81. The van der Waals surface area contributed by atoms with Crippen molar-refractivity contribution in [3.63, 3.8) is 0 Å². The lowest BCUT2D eigenvalue weighted by atomic mass is 9.96. The molecule has 0 aliphatic carbocycles. The largest absolute Gasteiger partial charge is 0.317 e. The molecular formula is C9H20N2O2S. The van der Waals surface area contributed by atoms with Crippen LogP contribution in [0.4, 0.5) is 0 Å². The van der Waals surface area contributed by atoms with Crippen LogP contribution in [-0.2, 0) is 10.0 Å². The molecule has 1 heterocycles. The lowest BCUT2D eigenvalue weighted by Crippen LogP contribution is -2.31. The number of nitrogens with one attached hydrogen (secondary N) is 1. The van der Waals surface area contributed by atoms with Crippen molar-refractivity contribution >= 4 is 10.0 Å². The van der Waals surface area contributed by atoms with E-state index in [1.807, 2.05) is 0 Å². The fourth-order valence-electron chi connectivity index (χ4n) is 1.67. The van der Waals surface area contributed by atoms with Crippen molar-refractivity contribution in [2.45, 2.75) is 19.3 Å². The molecule has 0 bridgehead atoms. The zero-order valence-electron chi connectivity index (χ0n) is 8.99. The molecule has 1 aliphatic rings. The topological polar surface area (TPSA) is 49.4 Å². The standard InChI is InChI=1S/C9H20N2O2S/c1-11(2)14(12,13)8-5-9-3-6-10-7-4-9/h9-10H,3-8H2,1-2H3. The minimum atomic E-state index is -2.98. The molecule has 1 aliphatic heterocycles. The molecule has 1 saturated heterocycles. The van der Waals surface area contributed by atoms with E-state index in [2.05, 4.69) is 5.32 Å². The van der Waals surface area contributed by atoms with E-state index in [0.29, 0.717) is 11.7 Å². The maximum Gasteiger partial charge on any atom is 0.213 e. The van der Waals surface area contributed by atoms with Gasteiger partial charge in [0.25, 0.3) is 0 Å². The number of sulfonamides is 1. The van der Waals surface area contributed by atoms with Crippen molar-refractivity contribution in [3.8, 4) is 0 Å². The van der Waals surface area contributed by atoms with Gasteiger partial charge in [0, 0.05) is 14.1 Å². The van der Waals surface area contributed by atoms with E-state index in [1.54, 1.807) is 14.1 Å². The molecule has 0 spiro atoms. The van der Waals surface area contributed by atoms with Gasteiger partial charge in [0.15, 0.2) is 0 Å². The minimum Gasteiger partial charge on any atom is -0.317 e. The van der Waals surface area contributed by atoms with Crippen molar-refractivity contribution in [1.82, 2.24) is 9.62 Å². The summed E-state index contributed by atoms with van der Waals surface area (Å²) in [5.74, 6) is 0.885. The van der Waals surface area contributed by atoms with Crippen LogP contribution >= 0.6 is 0 Å². The predicted molar refractivity (Wildman–Crippen MR) is 57.7 cm³/mol. The molecule has 1 N–H and O–H groups in total. The van der Waals surface area contributed by atoms with Crippen molar-refractivity contribution in [3.05, 3.63) is 0 Å². The van der Waals surface area contributed by atoms with Gasteiger partial charge in [-0.25, -0.2) is 12.7 Å². The summed E-state index contributed by atoms with van der Waals surface area (Å²) < 4.78 is 24.3. The number of rotatable bonds is 4. The van der Waals surface area contributed by atoms with Crippen LogP contribution in [0.1, 0.15) is 19.3 Å². The molecule has 0 aromatic carbocycles. The highest BCUT2D eigenvalue weighted by Crippen LogP contribution is 2.17. The van der Waals surface area contributed by atoms with Crippen LogP contribution in [0.2, 0.25) is 0 Å². The van der Waals surface area contributed by atoms with Crippen LogP contribution < -0.4 is 5.32 Å². The first kappa shape index (κ1) is 11.9. The Morgan fingerprint density at radius 3 is 2.36 bits per heavy atom. The van der Waals surface area contributed by atoms with Gasteiger partial charge in [-0.05, 0) is 38.3 Å². The molecule has 84 valence electrons. The molecule has 0 radical (unpaired) electrons. The molecule has 14 heavy (non-hydrogen) atoms. The third-order valence-corrected chi connectivity index (χ3v) is 4.66. The second-order valence-corrected chi connectivity index (χ2v) is 6.38. The average molecular weight is 220 g/mol. The van der Waals surface area contributed by atoms with E-state index in [9.17, 15) is 8.42 Å². The zero-order chi connectivity index (χ0) is 10.6. The number of hydrogen-bond acceptors (Lipinski definition) is 3. The van der Waals surface area contributed by atoms with Crippen LogP contribution in [0.5, 0.6) is 0 Å². The molecule has 4 nitrogen and oxygen atoms in total. The molecule has 5 heteroatoms. The van der Waals surface area contributed by atoms with E-state index in [4.69, 9.17) is 0 Å². The van der Waals surface area contributed by atoms with Gasteiger partial charge in [0.05, 0.1) is 5.75 Å². The van der Waals surface area contributed by atoms with Crippen LogP contribution in [0.15, 0.2) is 0 Å². The summed E-state index contributed by atoms with van der Waals surface area (Å²) in [6, 6.07) is 0. The molecule has 1 fully saturated rings. The Balaban J connectivity index is 2.32.